The van der Waals surface area contributed by atoms with Gasteiger partial charge in [-0.15, -0.1) is 0 Å². The third-order valence-corrected chi connectivity index (χ3v) is 5.91. The summed E-state index contributed by atoms with van der Waals surface area (Å²) in [5.41, 5.74) is 0.0303. The fourth-order valence-electron chi connectivity index (χ4n) is 3.84. The van der Waals surface area contributed by atoms with Crippen molar-refractivity contribution < 1.29 is 9.90 Å². The summed E-state index contributed by atoms with van der Waals surface area (Å²) in [5, 5.41) is 11.6. The second-order valence-corrected chi connectivity index (χ2v) is 8.00. The number of rotatable bonds is 4. The Labute approximate surface area is 155 Å². The summed E-state index contributed by atoms with van der Waals surface area (Å²) in [6.07, 6.45) is 2.26. The second-order valence-electron chi connectivity index (χ2n) is 7.56. The van der Waals surface area contributed by atoms with Crippen molar-refractivity contribution in [2.75, 3.05) is 46.8 Å². The molecule has 5 nitrogen and oxygen atoms in total. The molecule has 6 heteroatoms. The highest BCUT2D eigenvalue weighted by molar-refractivity contribution is 6.30. The molecule has 1 atom stereocenters. The van der Waals surface area contributed by atoms with E-state index in [1.807, 2.05) is 17.0 Å². The Morgan fingerprint density at radius 3 is 2.44 bits per heavy atom. The van der Waals surface area contributed by atoms with Gasteiger partial charge < -0.3 is 14.9 Å². The summed E-state index contributed by atoms with van der Waals surface area (Å²) in [7, 11) is 4.19. The van der Waals surface area contributed by atoms with Crippen molar-refractivity contribution in [1.82, 2.24) is 14.7 Å². The molecule has 1 aromatic carbocycles. The van der Waals surface area contributed by atoms with Crippen LogP contribution in [-0.2, 0) is 10.4 Å². The smallest absolute Gasteiger partial charge is 0.236 e. The van der Waals surface area contributed by atoms with E-state index in [-0.39, 0.29) is 5.91 Å². The predicted octanol–water partition coefficient (Wildman–Crippen LogP) is 1.79. The van der Waals surface area contributed by atoms with Gasteiger partial charge in [0.1, 0.15) is 0 Å². The van der Waals surface area contributed by atoms with Gasteiger partial charge in [0.05, 0.1) is 12.1 Å². The third kappa shape index (κ3) is 4.34. The number of nitrogens with zero attached hydrogens (tertiary/aromatic N) is 3. The zero-order valence-electron chi connectivity index (χ0n) is 15.1. The number of halogens is 1. The molecule has 0 bridgehead atoms. The van der Waals surface area contributed by atoms with Crippen LogP contribution in [0.4, 0.5) is 0 Å². The largest absolute Gasteiger partial charge is 0.385 e. The van der Waals surface area contributed by atoms with Crippen LogP contribution in [0.25, 0.3) is 0 Å². The molecule has 138 valence electrons. The summed E-state index contributed by atoms with van der Waals surface area (Å²) in [5.74, 6) is 0.178. The zero-order chi connectivity index (χ0) is 18.0. The summed E-state index contributed by atoms with van der Waals surface area (Å²) in [6, 6.07) is 7.92. The van der Waals surface area contributed by atoms with Crippen LogP contribution in [-0.4, -0.2) is 78.6 Å². The highest BCUT2D eigenvalue weighted by atomic mass is 35.5. The maximum Gasteiger partial charge on any atom is 0.236 e. The summed E-state index contributed by atoms with van der Waals surface area (Å²) >= 11 is 5.93. The average molecular weight is 366 g/mol. The number of aliphatic hydroxyl groups is 1. The van der Waals surface area contributed by atoms with Gasteiger partial charge in [0.2, 0.25) is 5.91 Å². The first-order valence-electron chi connectivity index (χ1n) is 9.02. The van der Waals surface area contributed by atoms with Crippen LogP contribution in [0.2, 0.25) is 5.02 Å². The van der Waals surface area contributed by atoms with Crippen molar-refractivity contribution in [3.05, 3.63) is 34.9 Å². The first-order valence-corrected chi connectivity index (χ1v) is 9.40. The molecule has 2 heterocycles. The number of likely N-dealkylation sites (tertiary alicyclic amines) is 2. The van der Waals surface area contributed by atoms with Gasteiger partial charge in [-0.3, -0.25) is 9.69 Å². The Balaban J connectivity index is 1.52. The number of carbonyl (C=O) groups excluding carboxylic acids is 1. The lowest BCUT2D eigenvalue weighted by atomic mass is 9.84. The zero-order valence-corrected chi connectivity index (χ0v) is 15.9. The van der Waals surface area contributed by atoms with E-state index >= 15 is 0 Å². The molecule has 0 radical (unpaired) electrons. The van der Waals surface area contributed by atoms with Crippen LogP contribution in [0.3, 0.4) is 0 Å². The molecule has 0 aliphatic carbocycles. The Morgan fingerprint density at radius 1 is 1.24 bits per heavy atom. The highest BCUT2D eigenvalue weighted by Gasteiger charge is 2.36. The molecule has 0 unspecified atom stereocenters. The fourth-order valence-corrected chi connectivity index (χ4v) is 3.97. The van der Waals surface area contributed by atoms with Gasteiger partial charge in [-0.1, -0.05) is 23.7 Å². The maximum absolute atomic E-state index is 12.6. The molecule has 1 N–H and O–H groups in total. The lowest BCUT2D eigenvalue weighted by molar-refractivity contribution is -0.136. The third-order valence-electron chi connectivity index (χ3n) is 5.66. The Morgan fingerprint density at radius 2 is 1.88 bits per heavy atom. The second kappa shape index (κ2) is 7.62. The lowest BCUT2D eigenvalue weighted by Crippen LogP contribution is -2.48. The predicted molar refractivity (Wildman–Crippen MR) is 99.7 cm³/mol. The SMILES string of the molecule is CN(C)[C@@H]1CCN(CC(=O)N2CCC(O)(c3ccc(Cl)cc3)CC2)C1. The number of carbonyl (C=O) groups is 1. The Kier molecular flexibility index (Phi) is 5.68. The minimum atomic E-state index is -0.856. The number of benzene rings is 1. The number of hydrogen-bond acceptors (Lipinski definition) is 4. The molecule has 3 rings (SSSR count). The quantitative estimate of drug-likeness (QED) is 0.883. The van der Waals surface area contributed by atoms with Crippen LogP contribution in [0, 0.1) is 0 Å². The van der Waals surface area contributed by atoms with Gasteiger partial charge in [0.25, 0.3) is 0 Å². The number of piperidine rings is 1. The molecule has 1 aromatic rings. The molecule has 2 fully saturated rings. The van der Waals surface area contributed by atoms with Gasteiger partial charge >= 0.3 is 0 Å². The molecule has 2 aliphatic rings. The first kappa shape index (κ1) is 18.6. The van der Waals surface area contributed by atoms with E-state index in [2.05, 4.69) is 23.9 Å². The minimum absolute atomic E-state index is 0.178. The standard InChI is InChI=1S/C19H28ClN3O2/c1-21(2)17-7-10-22(13-17)14-18(24)23-11-8-19(25,9-12-23)15-3-5-16(20)6-4-15/h3-6,17,25H,7-14H2,1-2H3/t17-/m1/s1. The number of amides is 1. The monoisotopic (exact) mass is 365 g/mol. The molecule has 1 amide bonds. The van der Waals surface area contributed by atoms with Crippen molar-refractivity contribution >= 4 is 17.5 Å². The van der Waals surface area contributed by atoms with E-state index in [0.717, 1.165) is 25.1 Å². The fraction of sp³-hybridized carbons (Fsp3) is 0.632. The minimum Gasteiger partial charge on any atom is -0.385 e. The van der Waals surface area contributed by atoms with Crippen LogP contribution in [0.5, 0.6) is 0 Å². The lowest BCUT2D eigenvalue weighted by Gasteiger charge is -2.39. The van der Waals surface area contributed by atoms with Gasteiger partial charge in [-0.25, -0.2) is 0 Å². The molecule has 0 aromatic heterocycles. The topological polar surface area (TPSA) is 47.0 Å². The molecule has 25 heavy (non-hydrogen) atoms. The molecule has 0 saturated carbocycles. The van der Waals surface area contributed by atoms with Gasteiger partial charge in [0.15, 0.2) is 0 Å². The average Bonchev–Trinajstić information content (AvgIpc) is 3.04. The van der Waals surface area contributed by atoms with E-state index in [9.17, 15) is 9.90 Å². The van der Waals surface area contributed by atoms with Crippen molar-refractivity contribution in [2.24, 2.45) is 0 Å². The maximum atomic E-state index is 12.6. The molecule has 2 aliphatic heterocycles. The Hall–Kier alpha value is -1.14. The Bertz CT molecular complexity index is 597. The van der Waals surface area contributed by atoms with Crippen molar-refractivity contribution in [1.29, 1.82) is 0 Å². The summed E-state index contributed by atoms with van der Waals surface area (Å²) in [4.78, 5) is 19.0. The van der Waals surface area contributed by atoms with Gasteiger partial charge in [-0.05, 0) is 51.1 Å². The number of hydrogen-bond donors (Lipinski definition) is 1. The van der Waals surface area contributed by atoms with Crippen molar-refractivity contribution in [3.8, 4) is 0 Å². The van der Waals surface area contributed by atoms with Crippen LogP contribution >= 0.6 is 11.6 Å². The summed E-state index contributed by atoms with van der Waals surface area (Å²) < 4.78 is 0. The summed E-state index contributed by atoms with van der Waals surface area (Å²) in [6.45, 7) is 3.63. The van der Waals surface area contributed by atoms with E-state index in [1.165, 1.54) is 0 Å². The van der Waals surface area contributed by atoms with Crippen LogP contribution in [0.15, 0.2) is 24.3 Å². The molecule has 2 saturated heterocycles. The van der Waals surface area contributed by atoms with E-state index < -0.39 is 5.60 Å². The van der Waals surface area contributed by atoms with E-state index in [0.29, 0.717) is 43.5 Å². The normalized spacial score (nSPS) is 24.0. The van der Waals surface area contributed by atoms with Gasteiger partial charge in [-0.2, -0.15) is 0 Å². The number of likely N-dealkylation sites (N-methyl/N-ethyl adjacent to an activating group) is 1. The van der Waals surface area contributed by atoms with E-state index in [4.69, 9.17) is 11.6 Å². The molecular weight excluding hydrogens is 338 g/mol. The highest BCUT2D eigenvalue weighted by Crippen LogP contribution is 2.33. The van der Waals surface area contributed by atoms with Crippen LogP contribution in [0.1, 0.15) is 24.8 Å². The van der Waals surface area contributed by atoms with Crippen molar-refractivity contribution in [2.45, 2.75) is 30.9 Å². The molecular formula is C19H28ClN3O2. The van der Waals surface area contributed by atoms with E-state index in [1.54, 1.807) is 12.1 Å². The van der Waals surface area contributed by atoms with Crippen molar-refractivity contribution in [3.63, 3.8) is 0 Å². The first-order chi connectivity index (χ1) is 11.9. The molecule has 0 spiro atoms. The van der Waals surface area contributed by atoms with Gasteiger partial charge in [0, 0.05) is 37.2 Å². The van der Waals surface area contributed by atoms with Crippen LogP contribution < -0.4 is 0 Å².